The van der Waals surface area contributed by atoms with E-state index in [4.69, 9.17) is 9.47 Å². The fourth-order valence-electron chi connectivity index (χ4n) is 1.63. The fourth-order valence-corrected chi connectivity index (χ4v) is 1.63. The Kier molecular flexibility index (Phi) is 4.43. The summed E-state index contributed by atoms with van der Waals surface area (Å²) in [7, 11) is 2.94. The van der Waals surface area contributed by atoms with Crippen molar-refractivity contribution >= 4 is 12.0 Å². The van der Waals surface area contributed by atoms with Crippen molar-refractivity contribution in [3.8, 4) is 5.75 Å². The summed E-state index contributed by atoms with van der Waals surface area (Å²) in [5.74, 6) is 0.332. The van der Waals surface area contributed by atoms with Gasteiger partial charge in [0.2, 0.25) is 0 Å². The molecule has 0 saturated heterocycles. The van der Waals surface area contributed by atoms with E-state index in [1.54, 1.807) is 13.2 Å². The number of ether oxygens (including phenoxy) is 2. The molecule has 1 heterocycles. The number of hydrogen-bond donors (Lipinski definition) is 0. The molecule has 2 aromatic rings. The fraction of sp³-hybridized carbons (Fsp3) is 0.231. The second-order valence-electron chi connectivity index (χ2n) is 3.94. The van der Waals surface area contributed by atoms with E-state index in [-0.39, 0.29) is 6.54 Å². The Morgan fingerprint density at radius 1 is 1.30 bits per heavy atom. The third kappa shape index (κ3) is 3.41. The smallest absolute Gasteiger partial charge is 0.335 e. The lowest BCUT2D eigenvalue weighted by molar-refractivity contribution is -0.136. The first kappa shape index (κ1) is 13.7. The Hall–Kier alpha value is -2.70. The molecule has 0 unspecified atom stereocenters. The number of hydrogen-bond acceptors (Lipinski definition) is 6. The predicted molar refractivity (Wildman–Crippen MR) is 70.8 cm³/mol. The highest BCUT2D eigenvalue weighted by molar-refractivity contribution is 5.93. The van der Waals surface area contributed by atoms with Gasteiger partial charge in [0.1, 0.15) is 12.1 Å². The van der Waals surface area contributed by atoms with Crippen molar-refractivity contribution in [3.63, 3.8) is 0 Å². The molecule has 7 nitrogen and oxygen atoms in total. The van der Waals surface area contributed by atoms with Gasteiger partial charge in [0.05, 0.1) is 26.3 Å². The highest BCUT2D eigenvalue weighted by atomic mass is 16.5. The second-order valence-corrected chi connectivity index (χ2v) is 3.94. The Labute approximate surface area is 115 Å². The normalized spacial score (nSPS) is 11.2. The van der Waals surface area contributed by atoms with Crippen LogP contribution in [0.15, 0.2) is 36.2 Å². The Balaban J connectivity index is 2.24. The molecule has 0 radical (unpaired) electrons. The van der Waals surface area contributed by atoms with Crippen LogP contribution in [-0.4, -0.2) is 40.4 Å². The minimum Gasteiger partial charge on any atom is -0.497 e. The van der Waals surface area contributed by atoms with Crippen LogP contribution in [0.25, 0.3) is 6.08 Å². The van der Waals surface area contributed by atoms with Crippen LogP contribution >= 0.6 is 0 Å². The number of benzene rings is 1. The van der Waals surface area contributed by atoms with E-state index in [0.717, 1.165) is 11.3 Å². The SMILES string of the molecule is COC(=O)/C(=C/c1ccc(OC)cc1)Cn1cnnn1. The quantitative estimate of drug-likeness (QED) is 0.596. The lowest BCUT2D eigenvalue weighted by atomic mass is 10.1. The summed E-state index contributed by atoms with van der Waals surface area (Å²) in [5.41, 5.74) is 1.31. The Morgan fingerprint density at radius 2 is 2.05 bits per heavy atom. The van der Waals surface area contributed by atoms with E-state index < -0.39 is 5.97 Å². The van der Waals surface area contributed by atoms with Crippen LogP contribution < -0.4 is 4.74 Å². The molecule has 104 valence electrons. The molecule has 0 aliphatic rings. The van der Waals surface area contributed by atoms with Gasteiger partial charge in [-0.15, -0.1) is 5.10 Å². The standard InChI is InChI=1S/C13H14N4O3/c1-19-12-5-3-10(4-6-12)7-11(13(18)20-2)8-17-9-14-15-16-17/h3-7,9H,8H2,1-2H3/b11-7+. The van der Waals surface area contributed by atoms with Crippen molar-refractivity contribution < 1.29 is 14.3 Å². The van der Waals surface area contributed by atoms with E-state index in [1.807, 2.05) is 24.3 Å². The number of nitrogens with zero attached hydrogens (tertiary/aromatic N) is 4. The van der Waals surface area contributed by atoms with Gasteiger partial charge < -0.3 is 9.47 Å². The van der Waals surface area contributed by atoms with Crippen LogP contribution in [0.4, 0.5) is 0 Å². The van der Waals surface area contributed by atoms with Gasteiger partial charge in [0, 0.05) is 0 Å². The van der Waals surface area contributed by atoms with Gasteiger partial charge in [-0.3, -0.25) is 0 Å². The van der Waals surface area contributed by atoms with Crippen LogP contribution in [0.1, 0.15) is 5.56 Å². The van der Waals surface area contributed by atoms with Crippen molar-refractivity contribution in [2.75, 3.05) is 14.2 Å². The first-order valence-corrected chi connectivity index (χ1v) is 5.86. The van der Waals surface area contributed by atoms with Crippen LogP contribution in [0, 0.1) is 0 Å². The zero-order chi connectivity index (χ0) is 14.4. The monoisotopic (exact) mass is 274 g/mol. The molecule has 0 N–H and O–H groups in total. The highest BCUT2D eigenvalue weighted by Gasteiger charge is 2.11. The molecule has 0 bridgehead atoms. The molecule has 0 amide bonds. The van der Waals surface area contributed by atoms with E-state index in [1.165, 1.54) is 18.1 Å². The molecule has 0 aliphatic heterocycles. The molecule has 7 heteroatoms. The molecule has 20 heavy (non-hydrogen) atoms. The summed E-state index contributed by atoms with van der Waals surface area (Å²) in [4.78, 5) is 11.8. The van der Waals surface area contributed by atoms with Crippen LogP contribution in [0.5, 0.6) is 5.75 Å². The Bertz CT molecular complexity index is 591. The molecular formula is C13H14N4O3. The maximum atomic E-state index is 11.8. The van der Waals surface area contributed by atoms with Gasteiger partial charge in [-0.1, -0.05) is 12.1 Å². The second kappa shape index (κ2) is 6.46. The van der Waals surface area contributed by atoms with Crippen LogP contribution in [0.2, 0.25) is 0 Å². The largest absolute Gasteiger partial charge is 0.497 e. The summed E-state index contributed by atoms with van der Waals surface area (Å²) in [5, 5.41) is 10.8. The van der Waals surface area contributed by atoms with Crippen LogP contribution in [0.3, 0.4) is 0 Å². The van der Waals surface area contributed by atoms with Gasteiger partial charge in [-0.25, -0.2) is 9.48 Å². The molecule has 0 aliphatic carbocycles. The minimum absolute atomic E-state index is 0.242. The summed E-state index contributed by atoms with van der Waals surface area (Å²) in [6, 6.07) is 7.33. The third-order valence-corrected chi connectivity index (χ3v) is 2.63. The lowest BCUT2D eigenvalue weighted by Crippen LogP contribution is -2.12. The summed E-state index contributed by atoms with van der Waals surface area (Å²) in [6.07, 6.45) is 3.16. The first-order chi connectivity index (χ1) is 9.72. The number of rotatable bonds is 5. The molecule has 1 aromatic heterocycles. The average molecular weight is 274 g/mol. The topological polar surface area (TPSA) is 79.1 Å². The summed E-state index contributed by atoms with van der Waals surface area (Å²) >= 11 is 0. The van der Waals surface area contributed by atoms with Gasteiger partial charge in [-0.2, -0.15) is 0 Å². The molecule has 2 rings (SSSR count). The number of tetrazole rings is 1. The average Bonchev–Trinajstić information content (AvgIpc) is 2.99. The Morgan fingerprint density at radius 3 is 2.60 bits per heavy atom. The molecular weight excluding hydrogens is 260 g/mol. The molecule has 1 aromatic carbocycles. The van der Waals surface area contributed by atoms with E-state index in [2.05, 4.69) is 15.5 Å². The molecule has 0 saturated carbocycles. The lowest BCUT2D eigenvalue weighted by Gasteiger charge is -2.05. The first-order valence-electron chi connectivity index (χ1n) is 5.86. The molecule has 0 fully saturated rings. The van der Waals surface area contributed by atoms with E-state index in [9.17, 15) is 4.79 Å². The van der Waals surface area contributed by atoms with Gasteiger partial charge >= 0.3 is 5.97 Å². The zero-order valence-corrected chi connectivity index (χ0v) is 11.2. The number of methoxy groups -OCH3 is 2. The van der Waals surface area contributed by atoms with Gasteiger partial charge in [0.25, 0.3) is 0 Å². The van der Waals surface area contributed by atoms with Crippen molar-refractivity contribution in [3.05, 3.63) is 41.7 Å². The van der Waals surface area contributed by atoms with Crippen molar-refractivity contribution in [1.82, 2.24) is 20.2 Å². The number of carbonyl (C=O) groups is 1. The number of aromatic nitrogens is 4. The van der Waals surface area contributed by atoms with Gasteiger partial charge in [-0.05, 0) is 34.2 Å². The van der Waals surface area contributed by atoms with Crippen LogP contribution in [-0.2, 0) is 16.1 Å². The van der Waals surface area contributed by atoms with Crippen molar-refractivity contribution in [1.29, 1.82) is 0 Å². The number of esters is 1. The van der Waals surface area contributed by atoms with E-state index in [0.29, 0.717) is 5.57 Å². The van der Waals surface area contributed by atoms with E-state index >= 15 is 0 Å². The third-order valence-electron chi connectivity index (χ3n) is 2.63. The molecule has 0 spiro atoms. The minimum atomic E-state index is -0.420. The maximum absolute atomic E-state index is 11.8. The predicted octanol–water partition coefficient (Wildman–Crippen LogP) is 0.938. The van der Waals surface area contributed by atoms with Gasteiger partial charge in [0.15, 0.2) is 0 Å². The zero-order valence-electron chi connectivity index (χ0n) is 11.2. The maximum Gasteiger partial charge on any atom is 0.335 e. The highest BCUT2D eigenvalue weighted by Crippen LogP contribution is 2.15. The summed E-state index contributed by atoms with van der Waals surface area (Å²) in [6.45, 7) is 0.242. The van der Waals surface area contributed by atoms with Crippen molar-refractivity contribution in [2.45, 2.75) is 6.54 Å². The van der Waals surface area contributed by atoms with Crippen molar-refractivity contribution in [2.24, 2.45) is 0 Å². The summed E-state index contributed by atoms with van der Waals surface area (Å²) < 4.78 is 11.3. The molecule has 0 atom stereocenters. The number of carbonyl (C=O) groups excluding carboxylic acids is 1.